The van der Waals surface area contributed by atoms with Crippen molar-refractivity contribution in [3.8, 4) is 0 Å². The second-order valence-corrected chi connectivity index (χ2v) is 9.25. The van der Waals surface area contributed by atoms with Gasteiger partial charge in [0.2, 0.25) is 0 Å². The molecule has 0 saturated carbocycles. The maximum absolute atomic E-state index is 8.84. The van der Waals surface area contributed by atoms with Gasteiger partial charge in [-0.1, -0.05) is 0 Å². The van der Waals surface area contributed by atoms with Crippen molar-refractivity contribution >= 4 is 120 Å². The molecule has 0 atom stereocenters. The van der Waals surface area contributed by atoms with Crippen molar-refractivity contribution in [1.29, 1.82) is 0 Å². The van der Waals surface area contributed by atoms with Gasteiger partial charge in [0, 0.05) is 42.7 Å². The van der Waals surface area contributed by atoms with Crippen LogP contribution in [-0.2, 0) is 37.3 Å². The molecule has 0 aromatic rings. The molecule has 0 aromatic carbocycles. The van der Waals surface area contributed by atoms with Gasteiger partial charge in [0.15, 0.2) is 37.3 Å². The van der Waals surface area contributed by atoms with Gasteiger partial charge < -0.3 is 18.2 Å². The molecular formula is HAlCl4MgO13S4. The van der Waals surface area contributed by atoms with Crippen molar-refractivity contribution in [2.24, 2.45) is 0 Å². The van der Waals surface area contributed by atoms with Crippen LogP contribution < -0.4 is 0 Å². The van der Waals surface area contributed by atoms with Crippen molar-refractivity contribution < 1.29 is 56.0 Å². The number of hydrogen-bond donors (Lipinski definition) is 1. The SMILES string of the molecule is O=S(=O)([O-])Cl.O=S(=O)([O-])Cl.O=S(=O)([O-])Cl.O=S(=O)([O-])Cl.[Mg+2].[OH][Al+2]. The van der Waals surface area contributed by atoms with Crippen molar-refractivity contribution in [3.63, 3.8) is 0 Å². The van der Waals surface area contributed by atoms with E-state index < -0.39 is 37.3 Å². The van der Waals surface area contributed by atoms with Crippen LogP contribution in [-0.4, -0.2) is 95.7 Å². The molecule has 13 nitrogen and oxygen atoms in total. The fourth-order valence-corrected chi connectivity index (χ4v) is 0. The van der Waals surface area contributed by atoms with E-state index in [9.17, 15) is 0 Å². The molecule has 0 heterocycles. The summed E-state index contributed by atoms with van der Waals surface area (Å²) in [5, 5.41) is 0. The summed E-state index contributed by atoms with van der Waals surface area (Å²) in [6.07, 6.45) is 0. The van der Waals surface area contributed by atoms with Crippen LogP contribution in [0.5, 0.6) is 0 Å². The zero-order valence-electron chi connectivity index (χ0n) is 9.78. The van der Waals surface area contributed by atoms with Crippen LogP contribution in [0.15, 0.2) is 0 Å². The van der Waals surface area contributed by atoms with Gasteiger partial charge in [0.05, 0.1) is 0 Å². The van der Waals surface area contributed by atoms with E-state index in [1.165, 1.54) is 16.6 Å². The predicted octanol–water partition coefficient (Wildman–Crippen LogP) is -2.58. The van der Waals surface area contributed by atoms with Crippen LogP contribution in [0.25, 0.3) is 0 Å². The Morgan fingerprint density at radius 3 is 0.522 bits per heavy atom. The molecule has 0 aliphatic carbocycles. The Hall–Kier alpha value is 2.06. The Morgan fingerprint density at radius 1 is 0.522 bits per heavy atom. The molecule has 0 aliphatic heterocycles. The summed E-state index contributed by atoms with van der Waals surface area (Å²) in [4.78, 5) is 0. The third-order valence-corrected chi connectivity index (χ3v) is 0. The van der Waals surface area contributed by atoms with Gasteiger partial charge in [0.25, 0.3) is 0 Å². The van der Waals surface area contributed by atoms with Crippen LogP contribution in [0.1, 0.15) is 0 Å². The van der Waals surface area contributed by atoms with Crippen LogP contribution in [0, 0.1) is 0 Å². The van der Waals surface area contributed by atoms with Gasteiger partial charge in [-0.2, -0.15) is 0 Å². The van der Waals surface area contributed by atoms with Gasteiger partial charge in [-0.25, -0.2) is 33.7 Å². The Labute approximate surface area is 174 Å². The summed E-state index contributed by atoms with van der Waals surface area (Å²) in [6, 6.07) is 0. The number of rotatable bonds is 0. The molecule has 136 valence electrons. The van der Waals surface area contributed by atoms with E-state index in [-0.39, 0.29) is 23.1 Å². The second kappa shape index (κ2) is 18.8. The van der Waals surface area contributed by atoms with Crippen molar-refractivity contribution in [2.75, 3.05) is 0 Å². The summed E-state index contributed by atoms with van der Waals surface area (Å²) in [6.45, 7) is 0. The summed E-state index contributed by atoms with van der Waals surface area (Å²) >= 11 is 1.42. The minimum absolute atomic E-state index is 0. The summed E-state index contributed by atoms with van der Waals surface area (Å²) in [7, 11) is -1.99. The molecule has 0 spiro atoms. The predicted molar refractivity (Wildman–Crippen MR) is 75.9 cm³/mol. The van der Waals surface area contributed by atoms with Crippen LogP contribution in [0.4, 0.5) is 0 Å². The Kier molecular flexibility index (Phi) is 32.7. The third-order valence-electron chi connectivity index (χ3n) is 0. The molecule has 0 radical (unpaired) electrons. The molecule has 0 fully saturated rings. The molecule has 23 heteroatoms. The van der Waals surface area contributed by atoms with Crippen molar-refractivity contribution in [3.05, 3.63) is 0 Å². The van der Waals surface area contributed by atoms with E-state index in [1.54, 1.807) is 0 Å². The second-order valence-electron chi connectivity index (χ2n) is 1.57. The standard InChI is InChI=1S/Al.4ClHO3S.Mg.H2O/c;4*1-5(2,3)4;;/h;4*(H,2,3,4);;1H2/q+3;;;;;+2;/p-5. The Morgan fingerprint density at radius 2 is 0.522 bits per heavy atom. The summed E-state index contributed by atoms with van der Waals surface area (Å²) in [5.74, 6) is 0. The first kappa shape index (κ1) is 39.9. The topological polar surface area (TPSA) is 249 Å². The van der Waals surface area contributed by atoms with E-state index in [4.69, 9.17) is 56.0 Å². The molecule has 0 bridgehead atoms. The van der Waals surface area contributed by atoms with Crippen LogP contribution >= 0.6 is 42.7 Å². The summed E-state index contributed by atoms with van der Waals surface area (Å²) in [5.41, 5.74) is 0. The fraction of sp³-hybridized carbons (Fsp3) is 0. The first-order chi connectivity index (χ1) is 9.00. The first-order valence-electron chi connectivity index (χ1n) is 2.88. The minimum atomic E-state index is -4.44. The molecule has 1 N–H and O–H groups in total. The average Bonchev–Trinajstić information content (AvgIpc) is 1.92. The number of halogens is 4. The van der Waals surface area contributed by atoms with E-state index in [0.717, 1.165) is 0 Å². The van der Waals surface area contributed by atoms with Crippen LogP contribution in [0.3, 0.4) is 0 Å². The Bertz CT molecular complexity index is 493. The molecule has 23 heavy (non-hydrogen) atoms. The molecule has 0 aliphatic rings. The van der Waals surface area contributed by atoms with Gasteiger partial charge in [-0.15, -0.1) is 0 Å². The summed E-state index contributed by atoms with van der Waals surface area (Å²) < 4.78 is 113. The van der Waals surface area contributed by atoms with Crippen LogP contribution in [0.2, 0.25) is 0 Å². The molecule has 0 amide bonds. The quantitative estimate of drug-likeness (QED) is 0.192. The molecule has 0 rings (SSSR count). The van der Waals surface area contributed by atoms with Crippen molar-refractivity contribution in [2.45, 2.75) is 0 Å². The van der Waals surface area contributed by atoms with Gasteiger partial charge in [-0.05, 0) is 0 Å². The molecule has 0 unspecified atom stereocenters. The zero-order valence-corrected chi connectivity index (χ0v) is 18.6. The zero-order chi connectivity index (χ0) is 20.0. The molecule has 0 saturated heterocycles. The van der Waals surface area contributed by atoms with Gasteiger partial charge >= 0.3 is 43.8 Å². The first-order valence-corrected chi connectivity index (χ1v) is 12.3. The van der Waals surface area contributed by atoms with Gasteiger partial charge in [-0.3, -0.25) is 0 Å². The number of hydrogen-bond acceptors (Lipinski definition) is 13. The molecule has 0 aromatic heterocycles. The molecular weight excluding hydrogens is 529 g/mol. The van der Waals surface area contributed by atoms with Gasteiger partial charge in [0.1, 0.15) is 0 Å². The normalized spacial score (nSPS) is 10.4. The van der Waals surface area contributed by atoms with Crippen molar-refractivity contribution in [1.82, 2.24) is 0 Å². The fourth-order valence-electron chi connectivity index (χ4n) is 0. The van der Waals surface area contributed by atoms with E-state index >= 15 is 0 Å². The monoisotopic (exact) mass is 528 g/mol. The van der Waals surface area contributed by atoms with E-state index in [2.05, 4.69) is 42.7 Å². The maximum atomic E-state index is 8.84. The van der Waals surface area contributed by atoms with E-state index in [0.29, 0.717) is 0 Å². The van der Waals surface area contributed by atoms with E-state index in [1.807, 2.05) is 0 Å². The Balaban J connectivity index is -0.0000000398. The average molecular weight is 530 g/mol. The third kappa shape index (κ3) is 2760.